The Hall–Kier alpha value is -0.700. The summed E-state index contributed by atoms with van der Waals surface area (Å²) in [5.74, 6) is -0.855. The van der Waals surface area contributed by atoms with Crippen LogP contribution < -0.4 is 10.5 Å². The summed E-state index contributed by atoms with van der Waals surface area (Å²) in [4.78, 5) is -0.463. The Kier molecular flexibility index (Phi) is 4.38. The lowest BCUT2D eigenvalue weighted by molar-refractivity contribution is -0.0659. The molecule has 0 aromatic heterocycles. The van der Waals surface area contributed by atoms with E-state index in [0.29, 0.717) is 0 Å². The molecule has 0 spiro atoms. The summed E-state index contributed by atoms with van der Waals surface area (Å²) >= 11 is 2.95. The molecule has 20 heavy (non-hydrogen) atoms. The third-order valence-electron chi connectivity index (χ3n) is 3.59. The molecule has 112 valence electrons. The number of nitrogens with one attached hydrogen (secondary N) is 1. The van der Waals surface area contributed by atoms with Gasteiger partial charge in [-0.25, -0.2) is 17.5 Å². The highest BCUT2D eigenvalue weighted by Gasteiger charge is 2.38. The zero-order valence-corrected chi connectivity index (χ0v) is 13.4. The Labute approximate surface area is 125 Å². The van der Waals surface area contributed by atoms with Crippen LogP contribution in [-0.2, 0) is 14.8 Å². The first-order valence-electron chi connectivity index (χ1n) is 6.09. The molecule has 0 radical (unpaired) electrons. The SMILES string of the molecule is COC1(CNS(=O)(=O)c2cc(N)cc(Br)c2F)CCC1. The Morgan fingerprint density at radius 2 is 2.15 bits per heavy atom. The van der Waals surface area contributed by atoms with E-state index in [2.05, 4.69) is 20.7 Å². The van der Waals surface area contributed by atoms with Crippen molar-refractivity contribution in [3.05, 3.63) is 22.4 Å². The molecule has 1 aliphatic rings. The predicted molar refractivity (Wildman–Crippen MR) is 77.3 cm³/mol. The quantitative estimate of drug-likeness (QED) is 0.781. The fourth-order valence-corrected chi connectivity index (χ4v) is 3.96. The van der Waals surface area contributed by atoms with Crippen LogP contribution in [0.5, 0.6) is 0 Å². The van der Waals surface area contributed by atoms with Gasteiger partial charge in [-0.3, -0.25) is 0 Å². The molecule has 3 N–H and O–H groups in total. The predicted octanol–water partition coefficient (Wildman–Crippen LogP) is 2.02. The second-order valence-electron chi connectivity index (χ2n) is 4.88. The number of ether oxygens (including phenoxy) is 1. The summed E-state index contributed by atoms with van der Waals surface area (Å²) in [6.45, 7) is 0.123. The van der Waals surface area contributed by atoms with Crippen molar-refractivity contribution in [2.75, 3.05) is 19.4 Å². The summed E-state index contributed by atoms with van der Waals surface area (Å²) in [6, 6.07) is 2.42. The molecule has 1 fully saturated rings. The van der Waals surface area contributed by atoms with Crippen molar-refractivity contribution < 1.29 is 17.5 Å². The number of hydrogen-bond donors (Lipinski definition) is 2. The van der Waals surface area contributed by atoms with Gasteiger partial charge in [-0.1, -0.05) is 0 Å². The molecule has 0 aliphatic heterocycles. The van der Waals surface area contributed by atoms with E-state index in [0.717, 1.165) is 25.3 Å². The standard InChI is InChI=1S/C12H16BrFN2O3S/c1-19-12(3-2-4-12)7-16-20(17,18)10-6-8(15)5-9(13)11(10)14/h5-6,16H,2-4,7,15H2,1H3. The molecule has 0 unspecified atom stereocenters. The van der Waals surface area contributed by atoms with Gasteiger partial charge in [0.1, 0.15) is 4.90 Å². The summed E-state index contributed by atoms with van der Waals surface area (Å²) in [6.07, 6.45) is 2.57. The van der Waals surface area contributed by atoms with E-state index in [4.69, 9.17) is 10.5 Å². The molecule has 1 aromatic carbocycles. The summed E-state index contributed by atoms with van der Waals surface area (Å²) in [5.41, 5.74) is 5.26. The van der Waals surface area contributed by atoms with E-state index in [1.165, 1.54) is 6.07 Å². The molecule has 0 bridgehead atoms. The molecule has 1 aromatic rings. The zero-order chi connectivity index (χ0) is 15.0. The first-order chi connectivity index (χ1) is 9.30. The number of nitrogens with two attached hydrogens (primary N) is 1. The maximum absolute atomic E-state index is 13.9. The van der Waals surface area contributed by atoms with E-state index in [-0.39, 0.29) is 16.7 Å². The molecule has 0 saturated heterocycles. The van der Waals surface area contributed by atoms with Crippen LogP contribution in [0.3, 0.4) is 0 Å². The van der Waals surface area contributed by atoms with Crippen LogP contribution in [0.4, 0.5) is 10.1 Å². The minimum Gasteiger partial charge on any atom is -0.399 e. The summed E-state index contributed by atoms with van der Waals surface area (Å²) in [7, 11) is -2.42. The van der Waals surface area contributed by atoms with Crippen molar-refractivity contribution in [3.8, 4) is 0 Å². The molecule has 1 saturated carbocycles. The highest BCUT2D eigenvalue weighted by Crippen LogP contribution is 2.35. The molecule has 8 heteroatoms. The number of anilines is 1. The first kappa shape index (κ1) is 15.7. The maximum atomic E-state index is 13.9. The molecule has 5 nitrogen and oxygen atoms in total. The number of halogens is 2. The topological polar surface area (TPSA) is 81.4 Å². The zero-order valence-electron chi connectivity index (χ0n) is 10.9. The first-order valence-corrected chi connectivity index (χ1v) is 8.37. The van der Waals surface area contributed by atoms with E-state index < -0.39 is 26.3 Å². The molecular weight excluding hydrogens is 351 g/mol. The van der Waals surface area contributed by atoms with Crippen molar-refractivity contribution in [1.29, 1.82) is 0 Å². The minimum absolute atomic E-state index is 0.0166. The normalized spacial score (nSPS) is 17.8. The maximum Gasteiger partial charge on any atom is 0.243 e. The highest BCUT2D eigenvalue weighted by molar-refractivity contribution is 9.10. The van der Waals surface area contributed by atoms with Crippen molar-refractivity contribution >= 4 is 31.6 Å². The lowest BCUT2D eigenvalue weighted by Crippen LogP contribution is -2.49. The Morgan fingerprint density at radius 1 is 1.50 bits per heavy atom. The van der Waals surface area contributed by atoms with Crippen molar-refractivity contribution in [2.45, 2.75) is 29.8 Å². The van der Waals surface area contributed by atoms with Gasteiger partial charge in [0.25, 0.3) is 0 Å². The van der Waals surface area contributed by atoms with Gasteiger partial charge in [-0.2, -0.15) is 0 Å². The summed E-state index contributed by atoms with van der Waals surface area (Å²) in [5, 5.41) is 0. The third kappa shape index (κ3) is 2.98. The van der Waals surface area contributed by atoms with Crippen molar-refractivity contribution in [1.82, 2.24) is 4.72 Å². The second-order valence-corrected chi connectivity index (χ2v) is 7.47. The molecule has 0 heterocycles. The van der Waals surface area contributed by atoms with Crippen molar-refractivity contribution in [3.63, 3.8) is 0 Å². The molecule has 1 aliphatic carbocycles. The van der Waals surface area contributed by atoms with Crippen LogP contribution in [0.15, 0.2) is 21.5 Å². The highest BCUT2D eigenvalue weighted by atomic mass is 79.9. The van der Waals surface area contributed by atoms with Gasteiger partial charge in [0, 0.05) is 19.3 Å². The number of rotatable bonds is 5. The number of hydrogen-bond acceptors (Lipinski definition) is 4. The largest absolute Gasteiger partial charge is 0.399 e. The van der Waals surface area contributed by atoms with Crippen LogP contribution in [0.1, 0.15) is 19.3 Å². The van der Waals surface area contributed by atoms with Crippen LogP contribution in [0, 0.1) is 5.82 Å². The third-order valence-corrected chi connectivity index (χ3v) is 5.57. The molecular formula is C12H16BrFN2O3S. The monoisotopic (exact) mass is 366 g/mol. The van der Waals surface area contributed by atoms with Crippen LogP contribution in [0.2, 0.25) is 0 Å². The second kappa shape index (κ2) is 5.59. The van der Waals surface area contributed by atoms with E-state index in [1.807, 2.05) is 0 Å². The number of methoxy groups -OCH3 is 1. The Bertz CT molecular complexity index is 612. The number of nitrogen functional groups attached to an aromatic ring is 1. The lowest BCUT2D eigenvalue weighted by Gasteiger charge is -2.40. The molecule has 2 rings (SSSR count). The average Bonchev–Trinajstić information content (AvgIpc) is 2.32. The minimum atomic E-state index is -3.97. The molecule has 0 amide bonds. The van der Waals surface area contributed by atoms with Gasteiger partial charge in [0.2, 0.25) is 10.0 Å². The lowest BCUT2D eigenvalue weighted by atomic mass is 9.80. The van der Waals surface area contributed by atoms with Gasteiger partial charge in [-0.15, -0.1) is 0 Å². The van der Waals surface area contributed by atoms with Gasteiger partial charge in [-0.05, 0) is 47.3 Å². The van der Waals surface area contributed by atoms with E-state index in [9.17, 15) is 12.8 Å². The Balaban J connectivity index is 2.23. The van der Waals surface area contributed by atoms with Crippen LogP contribution in [0.25, 0.3) is 0 Å². The van der Waals surface area contributed by atoms with E-state index in [1.54, 1.807) is 7.11 Å². The van der Waals surface area contributed by atoms with Crippen LogP contribution >= 0.6 is 15.9 Å². The fraction of sp³-hybridized carbons (Fsp3) is 0.500. The van der Waals surface area contributed by atoms with E-state index >= 15 is 0 Å². The van der Waals surface area contributed by atoms with Gasteiger partial charge < -0.3 is 10.5 Å². The smallest absolute Gasteiger partial charge is 0.243 e. The van der Waals surface area contributed by atoms with Gasteiger partial charge in [0.05, 0.1) is 10.1 Å². The number of sulfonamides is 1. The van der Waals surface area contributed by atoms with Gasteiger partial charge in [0.15, 0.2) is 5.82 Å². The van der Waals surface area contributed by atoms with Crippen LogP contribution in [-0.4, -0.2) is 27.7 Å². The summed E-state index contributed by atoms with van der Waals surface area (Å²) < 4.78 is 46.0. The number of benzene rings is 1. The van der Waals surface area contributed by atoms with Gasteiger partial charge >= 0.3 is 0 Å². The average molecular weight is 367 g/mol. The Morgan fingerprint density at radius 3 is 2.65 bits per heavy atom. The fourth-order valence-electron chi connectivity index (χ4n) is 2.11. The van der Waals surface area contributed by atoms with Crippen molar-refractivity contribution in [2.24, 2.45) is 0 Å². The molecule has 0 atom stereocenters.